The van der Waals surface area contributed by atoms with Crippen LogP contribution in [0, 0.1) is 0 Å². The van der Waals surface area contributed by atoms with E-state index in [4.69, 9.17) is 36.4 Å². The molecule has 8 N–H and O–H groups in total. The fourth-order valence-electron chi connectivity index (χ4n) is 0.740. The molecule has 0 aromatic heterocycles. The van der Waals surface area contributed by atoms with E-state index in [9.17, 15) is 0 Å². The molecular formula is C6H15NO6. The topological polar surface area (TPSA) is 147 Å². The molecule has 5 atom stereocenters. The quantitative estimate of drug-likeness (QED) is 0.220. The normalized spacial score (nSPS) is 23.3. The van der Waals surface area contributed by atoms with Crippen LogP contribution >= 0.6 is 0 Å². The first-order valence-corrected chi connectivity index (χ1v) is 3.68. The van der Waals surface area contributed by atoms with Crippen molar-refractivity contribution in [3.8, 4) is 0 Å². The minimum absolute atomic E-state index is 0.772. The molecule has 0 amide bonds. The summed E-state index contributed by atoms with van der Waals surface area (Å²) in [5, 5.41) is 52.8. The summed E-state index contributed by atoms with van der Waals surface area (Å²) in [6.07, 6.45) is -8.68. The fourth-order valence-corrected chi connectivity index (χ4v) is 0.740. The molecule has 0 aliphatic heterocycles. The number of rotatable bonds is 5. The highest BCUT2D eigenvalue weighted by Gasteiger charge is 2.32. The summed E-state index contributed by atoms with van der Waals surface area (Å²) in [5.74, 6) is 0. The highest BCUT2D eigenvalue weighted by Crippen LogP contribution is 2.05. The van der Waals surface area contributed by atoms with Crippen molar-refractivity contribution in [3.05, 3.63) is 0 Å². The molecule has 0 rings (SSSR count). The molecule has 0 aromatic rings. The van der Waals surface area contributed by atoms with Crippen LogP contribution in [0.25, 0.3) is 0 Å². The molecule has 0 fully saturated rings. The Bertz CT molecular complexity index is 143. The molecule has 0 bridgehead atoms. The Morgan fingerprint density at radius 3 is 1.62 bits per heavy atom. The molecule has 7 nitrogen and oxygen atoms in total. The van der Waals surface area contributed by atoms with Crippen LogP contribution in [0.3, 0.4) is 0 Å². The molecule has 0 saturated heterocycles. The third-order valence-corrected chi connectivity index (χ3v) is 1.63. The van der Waals surface area contributed by atoms with Crippen molar-refractivity contribution < 1.29 is 30.6 Å². The molecule has 0 radical (unpaired) electrons. The van der Waals surface area contributed by atoms with Crippen molar-refractivity contribution in [2.24, 2.45) is 5.73 Å². The Hall–Kier alpha value is -0.280. The lowest BCUT2D eigenvalue weighted by Gasteiger charge is -2.26. The van der Waals surface area contributed by atoms with Crippen molar-refractivity contribution in [1.82, 2.24) is 0 Å². The van der Waals surface area contributed by atoms with Crippen LogP contribution in [0.5, 0.6) is 0 Å². The van der Waals surface area contributed by atoms with Gasteiger partial charge in [0.05, 0.1) is 6.61 Å². The maximum absolute atomic E-state index is 9.05. The minimum Gasteiger partial charge on any atom is -0.394 e. The van der Waals surface area contributed by atoms with Crippen LogP contribution in [0.4, 0.5) is 0 Å². The first-order valence-electron chi connectivity index (χ1n) is 3.68. The Labute approximate surface area is 74.7 Å². The van der Waals surface area contributed by atoms with Crippen LogP contribution in [-0.2, 0) is 0 Å². The molecule has 7 heteroatoms. The first kappa shape index (κ1) is 12.7. The third-order valence-electron chi connectivity index (χ3n) is 1.63. The summed E-state index contributed by atoms with van der Waals surface area (Å²) in [7, 11) is 0. The van der Waals surface area contributed by atoms with Gasteiger partial charge in [-0.3, -0.25) is 0 Å². The fraction of sp³-hybridized carbons (Fsp3) is 1.00. The lowest BCUT2D eigenvalue weighted by atomic mass is 10.0. The van der Waals surface area contributed by atoms with Gasteiger partial charge >= 0.3 is 0 Å². The largest absolute Gasteiger partial charge is 0.394 e. The van der Waals surface area contributed by atoms with E-state index in [2.05, 4.69) is 0 Å². The second-order valence-electron chi connectivity index (χ2n) is 2.71. The van der Waals surface area contributed by atoms with Crippen LogP contribution in [0.15, 0.2) is 0 Å². The van der Waals surface area contributed by atoms with E-state index in [1.807, 2.05) is 0 Å². The molecule has 0 heterocycles. The average Bonchev–Trinajstić information content (AvgIpc) is 2.12. The van der Waals surface area contributed by atoms with Crippen molar-refractivity contribution >= 4 is 0 Å². The summed E-state index contributed by atoms with van der Waals surface area (Å²) in [6, 6.07) is 0. The molecule has 80 valence electrons. The van der Waals surface area contributed by atoms with Gasteiger partial charge < -0.3 is 36.4 Å². The number of aliphatic hydroxyl groups is 6. The van der Waals surface area contributed by atoms with Crippen molar-refractivity contribution in [3.63, 3.8) is 0 Å². The van der Waals surface area contributed by atoms with Gasteiger partial charge in [0.25, 0.3) is 0 Å². The molecule has 13 heavy (non-hydrogen) atoms. The highest BCUT2D eigenvalue weighted by atomic mass is 16.4. The van der Waals surface area contributed by atoms with E-state index in [0.717, 1.165) is 0 Å². The van der Waals surface area contributed by atoms with Gasteiger partial charge in [0, 0.05) is 0 Å². The van der Waals surface area contributed by atoms with Gasteiger partial charge in [-0.1, -0.05) is 0 Å². The first-order chi connectivity index (χ1) is 5.91. The predicted octanol–water partition coefficient (Wildman–Crippen LogP) is -4.30. The number of hydrogen-bond acceptors (Lipinski definition) is 7. The molecule has 0 aromatic carbocycles. The highest BCUT2D eigenvalue weighted by molar-refractivity contribution is 4.82. The Kier molecular flexibility index (Phi) is 5.33. The van der Waals surface area contributed by atoms with Crippen LogP contribution in [0.2, 0.25) is 0 Å². The van der Waals surface area contributed by atoms with Gasteiger partial charge in [0.1, 0.15) is 30.6 Å². The smallest absolute Gasteiger partial charge is 0.131 e. The van der Waals surface area contributed by atoms with Gasteiger partial charge in [0.2, 0.25) is 0 Å². The van der Waals surface area contributed by atoms with Gasteiger partial charge in [-0.05, 0) is 0 Å². The number of aliphatic hydroxyl groups excluding tert-OH is 6. The summed E-state index contributed by atoms with van der Waals surface area (Å²) in [5.41, 5.74) is 4.81. The van der Waals surface area contributed by atoms with Crippen molar-refractivity contribution in [2.75, 3.05) is 6.61 Å². The predicted molar refractivity (Wildman–Crippen MR) is 41.3 cm³/mol. The summed E-state index contributed by atoms with van der Waals surface area (Å²) < 4.78 is 0. The number of nitrogens with two attached hydrogens (primary N) is 1. The van der Waals surface area contributed by atoms with E-state index in [-0.39, 0.29) is 0 Å². The molecule has 0 spiro atoms. The van der Waals surface area contributed by atoms with Crippen LogP contribution in [-0.4, -0.2) is 67.9 Å². The zero-order chi connectivity index (χ0) is 10.6. The van der Waals surface area contributed by atoms with Gasteiger partial charge in [-0.25, -0.2) is 0 Å². The maximum atomic E-state index is 9.05. The van der Waals surface area contributed by atoms with Crippen LogP contribution < -0.4 is 5.73 Å². The summed E-state index contributed by atoms with van der Waals surface area (Å²) in [4.78, 5) is 0. The molecule has 5 unspecified atom stereocenters. The lowest BCUT2D eigenvalue weighted by molar-refractivity contribution is -0.139. The van der Waals surface area contributed by atoms with Gasteiger partial charge in [-0.2, -0.15) is 0 Å². The average molecular weight is 197 g/mol. The second-order valence-corrected chi connectivity index (χ2v) is 2.71. The number of hydrogen-bond donors (Lipinski definition) is 7. The van der Waals surface area contributed by atoms with Gasteiger partial charge in [-0.15, -0.1) is 0 Å². The molecule has 0 saturated carbocycles. The van der Waals surface area contributed by atoms with E-state index < -0.39 is 37.3 Å². The van der Waals surface area contributed by atoms with Crippen molar-refractivity contribution in [2.45, 2.75) is 30.6 Å². The SMILES string of the molecule is NC(O)C(O)C(O)C(O)C(O)CO. The van der Waals surface area contributed by atoms with Crippen LogP contribution in [0.1, 0.15) is 0 Å². The third kappa shape index (κ3) is 3.53. The second kappa shape index (κ2) is 5.45. The van der Waals surface area contributed by atoms with Gasteiger partial charge in [0.15, 0.2) is 0 Å². The molecule has 0 aliphatic rings. The van der Waals surface area contributed by atoms with E-state index >= 15 is 0 Å². The van der Waals surface area contributed by atoms with E-state index in [1.165, 1.54) is 0 Å². The lowest BCUT2D eigenvalue weighted by Crippen LogP contribution is -2.52. The van der Waals surface area contributed by atoms with E-state index in [1.54, 1.807) is 0 Å². The van der Waals surface area contributed by atoms with E-state index in [0.29, 0.717) is 0 Å². The minimum atomic E-state index is -1.82. The maximum Gasteiger partial charge on any atom is 0.131 e. The Morgan fingerprint density at radius 2 is 1.31 bits per heavy atom. The Morgan fingerprint density at radius 1 is 0.846 bits per heavy atom. The molecular weight excluding hydrogens is 182 g/mol. The standard InChI is InChI=1S/C6H15NO6/c7-6(13)5(12)4(11)3(10)2(9)1-8/h2-6,8-13H,1,7H2. The zero-order valence-electron chi connectivity index (χ0n) is 6.85. The summed E-state index contributed by atoms with van der Waals surface area (Å²) in [6.45, 7) is -0.772. The Balaban J connectivity index is 4.15. The monoisotopic (exact) mass is 197 g/mol. The zero-order valence-corrected chi connectivity index (χ0v) is 6.85. The molecule has 0 aliphatic carbocycles. The van der Waals surface area contributed by atoms with Crippen molar-refractivity contribution in [1.29, 1.82) is 0 Å². The summed E-state index contributed by atoms with van der Waals surface area (Å²) >= 11 is 0.